The van der Waals surface area contributed by atoms with Crippen LogP contribution in [0.25, 0.3) is 0 Å². The number of hydrogen-bond acceptors (Lipinski definition) is 3. The first-order valence-electron chi connectivity index (χ1n) is 8.74. The maximum absolute atomic E-state index is 12.3. The number of hydrogen-bond donors (Lipinski definition) is 2. The number of amides is 2. The number of rotatable bonds is 7. The number of benzene rings is 2. The molecule has 0 radical (unpaired) electrons. The van der Waals surface area contributed by atoms with Crippen LogP contribution in [-0.2, 0) is 4.79 Å². The van der Waals surface area contributed by atoms with E-state index in [2.05, 4.69) is 24.5 Å². The van der Waals surface area contributed by atoms with Crippen LogP contribution in [0.5, 0.6) is 5.75 Å². The van der Waals surface area contributed by atoms with Gasteiger partial charge in [0, 0.05) is 11.3 Å². The molecule has 0 atom stereocenters. The highest BCUT2D eigenvalue weighted by Gasteiger charge is 2.11. The van der Waals surface area contributed by atoms with Gasteiger partial charge in [-0.1, -0.05) is 38.1 Å². The van der Waals surface area contributed by atoms with E-state index in [1.54, 1.807) is 18.2 Å². The Morgan fingerprint density at radius 2 is 1.69 bits per heavy atom. The molecule has 0 aliphatic heterocycles. The van der Waals surface area contributed by atoms with Crippen LogP contribution in [0.4, 0.5) is 5.69 Å². The van der Waals surface area contributed by atoms with Crippen LogP contribution in [0.2, 0.25) is 0 Å². The fourth-order valence-electron chi connectivity index (χ4n) is 2.45. The summed E-state index contributed by atoms with van der Waals surface area (Å²) in [5, 5.41) is 5.49. The molecular formula is C21H26N2O3. The monoisotopic (exact) mass is 354 g/mol. The lowest BCUT2D eigenvalue weighted by Gasteiger charge is -2.12. The maximum Gasteiger partial charge on any atom is 0.251 e. The summed E-state index contributed by atoms with van der Waals surface area (Å²) >= 11 is 0. The molecular weight excluding hydrogens is 328 g/mol. The topological polar surface area (TPSA) is 67.4 Å². The van der Waals surface area contributed by atoms with Gasteiger partial charge >= 0.3 is 0 Å². The molecule has 2 aromatic rings. The first-order chi connectivity index (χ1) is 12.4. The molecule has 0 unspecified atom stereocenters. The molecule has 138 valence electrons. The molecule has 5 heteroatoms. The molecule has 0 aliphatic carbocycles. The normalized spacial score (nSPS) is 10.5. The maximum atomic E-state index is 12.3. The third kappa shape index (κ3) is 5.62. The Labute approximate surface area is 154 Å². The van der Waals surface area contributed by atoms with Gasteiger partial charge in [-0.15, -0.1) is 0 Å². The third-order valence-corrected chi connectivity index (χ3v) is 3.83. The number of nitrogens with one attached hydrogen (secondary N) is 2. The molecule has 0 heterocycles. The van der Waals surface area contributed by atoms with Crippen molar-refractivity contribution in [2.75, 3.05) is 18.5 Å². The van der Waals surface area contributed by atoms with Crippen molar-refractivity contribution in [3.8, 4) is 5.75 Å². The summed E-state index contributed by atoms with van der Waals surface area (Å²) in [5.74, 6) is 0.479. The van der Waals surface area contributed by atoms with E-state index >= 15 is 0 Å². The standard InChI is InChI=1S/C21H26N2O3/c1-14(2)13-26-18-10-6-9-17(11-18)21(25)22-12-19(24)23-20-15(3)7-5-8-16(20)4/h5-11,14H,12-13H2,1-4H3,(H,22,25)(H,23,24). The molecule has 26 heavy (non-hydrogen) atoms. The van der Waals surface area contributed by atoms with E-state index < -0.39 is 0 Å². The van der Waals surface area contributed by atoms with E-state index in [-0.39, 0.29) is 18.4 Å². The second-order valence-corrected chi connectivity index (χ2v) is 6.73. The van der Waals surface area contributed by atoms with Gasteiger partial charge in [-0.25, -0.2) is 0 Å². The summed E-state index contributed by atoms with van der Waals surface area (Å²) in [7, 11) is 0. The molecule has 0 bridgehead atoms. The van der Waals surface area contributed by atoms with Crippen molar-refractivity contribution >= 4 is 17.5 Å². The Bertz CT molecular complexity index is 764. The first-order valence-corrected chi connectivity index (χ1v) is 8.74. The minimum Gasteiger partial charge on any atom is -0.493 e. The number of anilines is 1. The molecule has 0 fully saturated rings. The van der Waals surface area contributed by atoms with Crippen molar-refractivity contribution in [2.45, 2.75) is 27.7 Å². The van der Waals surface area contributed by atoms with E-state index in [0.29, 0.717) is 23.8 Å². The highest BCUT2D eigenvalue weighted by molar-refractivity contribution is 6.00. The summed E-state index contributed by atoms with van der Waals surface area (Å²) < 4.78 is 5.63. The van der Waals surface area contributed by atoms with Crippen LogP contribution >= 0.6 is 0 Å². The average molecular weight is 354 g/mol. The van der Waals surface area contributed by atoms with Gasteiger partial charge in [0.25, 0.3) is 5.91 Å². The van der Waals surface area contributed by atoms with Crippen LogP contribution < -0.4 is 15.4 Å². The molecule has 0 saturated carbocycles. The van der Waals surface area contributed by atoms with Gasteiger partial charge in [-0.3, -0.25) is 9.59 Å². The van der Waals surface area contributed by atoms with Gasteiger partial charge in [-0.2, -0.15) is 0 Å². The van der Waals surface area contributed by atoms with Gasteiger partial charge in [0.05, 0.1) is 13.2 Å². The molecule has 0 aromatic heterocycles. The van der Waals surface area contributed by atoms with Crippen molar-refractivity contribution in [2.24, 2.45) is 5.92 Å². The summed E-state index contributed by atoms with van der Waals surface area (Å²) in [6.45, 7) is 8.48. The highest BCUT2D eigenvalue weighted by atomic mass is 16.5. The predicted molar refractivity (Wildman–Crippen MR) is 104 cm³/mol. The quantitative estimate of drug-likeness (QED) is 0.796. The number of carbonyl (C=O) groups is 2. The molecule has 5 nitrogen and oxygen atoms in total. The van der Waals surface area contributed by atoms with E-state index in [9.17, 15) is 9.59 Å². The van der Waals surface area contributed by atoms with Crippen LogP contribution in [0.3, 0.4) is 0 Å². The van der Waals surface area contributed by atoms with Gasteiger partial charge in [-0.05, 0) is 49.1 Å². The van der Waals surface area contributed by atoms with E-state index in [1.807, 2.05) is 38.1 Å². The Morgan fingerprint density at radius 1 is 1.04 bits per heavy atom. The Hall–Kier alpha value is -2.82. The Balaban J connectivity index is 1.92. The Kier molecular flexibility index (Phi) is 6.78. The van der Waals surface area contributed by atoms with Crippen LogP contribution in [0.1, 0.15) is 35.3 Å². The summed E-state index contributed by atoms with van der Waals surface area (Å²) in [6, 6.07) is 12.8. The third-order valence-electron chi connectivity index (χ3n) is 3.83. The molecule has 2 N–H and O–H groups in total. The largest absolute Gasteiger partial charge is 0.493 e. The van der Waals surface area contributed by atoms with Crippen LogP contribution in [0.15, 0.2) is 42.5 Å². The van der Waals surface area contributed by atoms with Crippen molar-refractivity contribution in [1.82, 2.24) is 5.32 Å². The summed E-state index contributed by atoms with van der Waals surface area (Å²) in [5.41, 5.74) is 3.22. The number of carbonyl (C=O) groups excluding carboxylic acids is 2. The predicted octanol–water partition coefficient (Wildman–Crippen LogP) is 3.71. The highest BCUT2D eigenvalue weighted by Crippen LogP contribution is 2.19. The fraction of sp³-hybridized carbons (Fsp3) is 0.333. The summed E-state index contributed by atoms with van der Waals surface area (Å²) in [4.78, 5) is 24.4. The van der Waals surface area contributed by atoms with Crippen LogP contribution in [0, 0.1) is 19.8 Å². The minimum atomic E-state index is -0.309. The lowest BCUT2D eigenvalue weighted by atomic mass is 10.1. The number of para-hydroxylation sites is 1. The van der Waals surface area contributed by atoms with E-state index in [0.717, 1.165) is 16.8 Å². The average Bonchev–Trinajstić information content (AvgIpc) is 2.61. The smallest absolute Gasteiger partial charge is 0.251 e. The fourth-order valence-corrected chi connectivity index (χ4v) is 2.45. The minimum absolute atomic E-state index is 0.0936. The van der Waals surface area contributed by atoms with E-state index in [4.69, 9.17) is 4.74 Å². The lowest BCUT2D eigenvalue weighted by Crippen LogP contribution is -2.33. The molecule has 2 rings (SSSR count). The molecule has 0 aliphatic rings. The number of aryl methyl sites for hydroxylation is 2. The van der Waals surface area contributed by atoms with Crippen molar-refractivity contribution in [1.29, 1.82) is 0 Å². The zero-order valence-corrected chi connectivity index (χ0v) is 15.8. The van der Waals surface area contributed by atoms with Crippen molar-refractivity contribution < 1.29 is 14.3 Å². The van der Waals surface area contributed by atoms with Crippen molar-refractivity contribution in [3.05, 3.63) is 59.2 Å². The van der Waals surface area contributed by atoms with Crippen LogP contribution in [-0.4, -0.2) is 25.0 Å². The van der Waals surface area contributed by atoms with Gasteiger partial charge in [0.1, 0.15) is 5.75 Å². The lowest BCUT2D eigenvalue weighted by molar-refractivity contribution is -0.115. The number of ether oxygens (including phenoxy) is 1. The first kappa shape index (κ1) is 19.5. The van der Waals surface area contributed by atoms with Gasteiger partial charge in [0.2, 0.25) is 5.91 Å². The second-order valence-electron chi connectivity index (χ2n) is 6.73. The second kappa shape index (κ2) is 9.04. The molecule has 2 amide bonds. The molecule has 2 aromatic carbocycles. The molecule has 0 saturated heterocycles. The van der Waals surface area contributed by atoms with Crippen molar-refractivity contribution in [3.63, 3.8) is 0 Å². The zero-order valence-electron chi connectivity index (χ0n) is 15.8. The summed E-state index contributed by atoms with van der Waals surface area (Å²) in [6.07, 6.45) is 0. The van der Waals surface area contributed by atoms with Gasteiger partial charge in [0.15, 0.2) is 0 Å². The van der Waals surface area contributed by atoms with Gasteiger partial charge < -0.3 is 15.4 Å². The van der Waals surface area contributed by atoms with E-state index in [1.165, 1.54) is 0 Å². The SMILES string of the molecule is Cc1cccc(C)c1NC(=O)CNC(=O)c1cccc(OCC(C)C)c1. The molecule has 0 spiro atoms. The Morgan fingerprint density at radius 3 is 2.35 bits per heavy atom. The zero-order chi connectivity index (χ0) is 19.1.